The van der Waals surface area contributed by atoms with Crippen LogP contribution in [0.3, 0.4) is 0 Å². The van der Waals surface area contributed by atoms with Gasteiger partial charge in [0.2, 0.25) is 0 Å². The molecule has 0 saturated heterocycles. The predicted molar refractivity (Wildman–Crippen MR) is 35.9 cm³/mol. The zero-order chi connectivity index (χ0) is 10.8. The van der Waals surface area contributed by atoms with E-state index in [9.17, 15) is 27.6 Å². The van der Waals surface area contributed by atoms with E-state index in [1.54, 1.807) is 0 Å². The van der Waals surface area contributed by atoms with Crippen molar-refractivity contribution in [3.05, 3.63) is 0 Å². The molecular weight excluding hydrogens is 189 g/mol. The largest absolute Gasteiger partial charge is 0.451 e. The first-order valence-electron chi connectivity index (χ1n) is 3.30. The Morgan fingerprint density at radius 1 is 1.00 bits per heavy atom. The summed E-state index contributed by atoms with van der Waals surface area (Å²) in [6.07, 6.45) is -5.14. The van der Waals surface area contributed by atoms with Crippen LogP contribution in [0.1, 0.15) is 13.8 Å². The van der Waals surface area contributed by atoms with E-state index < -0.39 is 29.4 Å². The van der Waals surface area contributed by atoms with Crippen LogP contribution in [0.4, 0.5) is 13.2 Å². The normalized spacial score (nSPS) is 11.5. The highest BCUT2D eigenvalue weighted by Crippen LogP contribution is 2.21. The summed E-state index contributed by atoms with van der Waals surface area (Å²) in [6, 6.07) is 0. The molecule has 74 valence electrons. The number of alkyl halides is 3. The second-order valence-corrected chi connectivity index (χ2v) is 2.52. The molecule has 0 aliphatic rings. The second kappa shape index (κ2) is 3.68. The highest BCUT2D eigenvalue weighted by atomic mass is 19.4. The molecule has 0 bridgehead atoms. The fraction of sp³-hybridized carbons (Fsp3) is 0.571. The summed E-state index contributed by atoms with van der Waals surface area (Å²) in [5, 5.41) is 0. The van der Waals surface area contributed by atoms with E-state index in [2.05, 4.69) is 0 Å². The van der Waals surface area contributed by atoms with Gasteiger partial charge in [0.1, 0.15) is 17.5 Å². The summed E-state index contributed by atoms with van der Waals surface area (Å²) < 4.78 is 35.3. The maximum Gasteiger partial charge on any atom is 0.451 e. The Balaban J connectivity index is 4.89. The van der Waals surface area contributed by atoms with Crippen molar-refractivity contribution < 1.29 is 27.6 Å². The van der Waals surface area contributed by atoms with Crippen molar-refractivity contribution in [2.75, 3.05) is 0 Å². The molecule has 0 aromatic heterocycles. The number of ketones is 3. The van der Waals surface area contributed by atoms with Gasteiger partial charge in [-0.3, -0.25) is 14.4 Å². The van der Waals surface area contributed by atoms with Gasteiger partial charge >= 0.3 is 6.18 Å². The number of rotatable bonds is 3. The lowest BCUT2D eigenvalue weighted by Crippen LogP contribution is -2.38. The molecule has 0 unspecified atom stereocenters. The number of Topliss-reactive ketones (excluding diaryl/α,β-unsaturated/α-hetero) is 3. The van der Waals surface area contributed by atoms with Gasteiger partial charge in [-0.05, 0) is 13.8 Å². The van der Waals surface area contributed by atoms with Gasteiger partial charge < -0.3 is 0 Å². The quantitative estimate of drug-likeness (QED) is 0.630. The van der Waals surface area contributed by atoms with E-state index in [1.807, 2.05) is 0 Å². The van der Waals surface area contributed by atoms with Crippen molar-refractivity contribution in [3.63, 3.8) is 0 Å². The fourth-order valence-corrected chi connectivity index (χ4v) is 0.819. The molecule has 0 amide bonds. The van der Waals surface area contributed by atoms with Gasteiger partial charge in [0.25, 0.3) is 5.78 Å². The zero-order valence-electron chi connectivity index (χ0n) is 6.94. The standard InChI is InChI=1S/C7H7F3O3/c1-3(11)5(4(2)12)6(13)7(8,9)10/h5H,1-2H3. The highest BCUT2D eigenvalue weighted by Gasteiger charge is 2.46. The molecule has 0 atom stereocenters. The molecular formula is C7H7F3O3. The maximum atomic E-state index is 11.8. The molecule has 0 aromatic carbocycles. The Labute approximate surface area is 71.9 Å². The zero-order valence-corrected chi connectivity index (χ0v) is 6.94. The Morgan fingerprint density at radius 3 is 1.38 bits per heavy atom. The first-order chi connectivity index (χ1) is 5.68. The minimum absolute atomic E-state index is 0.774. The summed E-state index contributed by atoms with van der Waals surface area (Å²) in [5.74, 6) is -6.67. The summed E-state index contributed by atoms with van der Waals surface area (Å²) in [5.41, 5.74) is 0. The predicted octanol–water partition coefficient (Wildman–Crippen LogP) is 0.912. The van der Waals surface area contributed by atoms with Crippen molar-refractivity contribution >= 4 is 17.3 Å². The Bertz CT molecular complexity index is 240. The Morgan fingerprint density at radius 2 is 1.31 bits per heavy atom. The highest BCUT2D eigenvalue weighted by molar-refractivity contribution is 6.19. The lowest BCUT2D eigenvalue weighted by molar-refractivity contribution is -0.177. The number of halogens is 3. The van der Waals surface area contributed by atoms with Crippen molar-refractivity contribution in [1.29, 1.82) is 0 Å². The molecule has 6 heteroatoms. The van der Waals surface area contributed by atoms with Gasteiger partial charge in [0.15, 0.2) is 0 Å². The van der Waals surface area contributed by atoms with Crippen LogP contribution < -0.4 is 0 Å². The third-order valence-corrected chi connectivity index (χ3v) is 1.35. The molecule has 3 nitrogen and oxygen atoms in total. The van der Waals surface area contributed by atoms with Crippen LogP contribution >= 0.6 is 0 Å². The van der Waals surface area contributed by atoms with E-state index in [1.165, 1.54) is 0 Å². The summed E-state index contributed by atoms with van der Waals surface area (Å²) in [7, 11) is 0. The molecule has 0 N–H and O–H groups in total. The fourth-order valence-electron chi connectivity index (χ4n) is 0.819. The first kappa shape index (κ1) is 11.8. The van der Waals surface area contributed by atoms with Gasteiger partial charge in [0, 0.05) is 0 Å². The lowest BCUT2D eigenvalue weighted by atomic mass is 9.95. The van der Waals surface area contributed by atoms with Crippen LogP contribution in [0.15, 0.2) is 0 Å². The van der Waals surface area contributed by atoms with Gasteiger partial charge in [-0.2, -0.15) is 13.2 Å². The molecule has 0 aliphatic heterocycles. The first-order valence-corrected chi connectivity index (χ1v) is 3.30. The van der Waals surface area contributed by atoms with Crippen LogP contribution in [-0.4, -0.2) is 23.5 Å². The van der Waals surface area contributed by atoms with Crippen LogP contribution in [0.5, 0.6) is 0 Å². The van der Waals surface area contributed by atoms with Gasteiger partial charge in [-0.25, -0.2) is 0 Å². The molecule has 0 aromatic rings. The average molecular weight is 196 g/mol. The molecule has 0 aliphatic carbocycles. The minimum Gasteiger partial charge on any atom is -0.299 e. The molecule has 0 radical (unpaired) electrons. The number of hydrogen-bond donors (Lipinski definition) is 0. The van der Waals surface area contributed by atoms with Crippen LogP contribution in [0.2, 0.25) is 0 Å². The Kier molecular flexibility index (Phi) is 3.34. The van der Waals surface area contributed by atoms with Crippen LogP contribution in [-0.2, 0) is 14.4 Å². The summed E-state index contributed by atoms with van der Waals surface area (Å²) >= 11 is 0. The van der Waals surface area contributed by atoms with Crippen molar-refractivity contribution in [3.8, 4) is 0 Å². The van der Waals surface area contributed by atoms with Crippen LogP contribution in [0, 0.1) is 5.92 Å². The van der Waals surface area contributed by atoms with Gasteiger partial charge in [-0.1, -0.05) is 0 Å². The monoisotopic (exact) mass is 196 g/mol. The van der Waals surface area contributed by atoms with Crippen molar-refractivity contribution in [2.45, 2.75) is 20.0 Å². The third kappa shape index (κ3) is 2.96. The average Bonchev–Trinajstić information content (AvgIpc) is 1.82. The van der Waals surface area contributed by atoms with E-state index in [0.717, 1.165) is 13.8 Å². The molecule has 0 spiro atoms. The number of carbonyl (C=O) groups excluding carboxylic acids is 3. The van der Waals surface area contributed by atoms with E-state index >= 15 is 0 Å². The number of hydrogen-bond acceptors (Lipinski definition) is 3. The maximum absolute atomic E-state index is 11.8. The van der Waals surface area contributed by atoms with Crippen LogP contribution in [0.25, 0.3) is 0 Å². The topological polar surface area (TPSA) is 51.2 Å². The van der Waals surface area contributed by atoms with E-state index in [4.69, 9.17) is 0 Å². The van der Waals surface area contributed by atoms with Gasteiger partial charge in [-0.15, -0.1) is 0 Å². The van der Waals surface area contributed by atoms with E-state index in [0.29, 0.717) is 0 Å². The number of carbonyl (C=O) groups is 3. The molecule has 0 heterocycles. The molecule has 13 heavy (non-hydrogen) atoms. The molecule has 0 saturated carbocycles. The van der Waals surface area contributed by atoms with Gasteiger partial charge in [0.05, 0.1) is 0 Å². The minimum atomic E-state index is -5.14. The summed E-state index contributed by atoms with van der Waals surface area (Å²) in [4.78, 5) is 31.5. The molecule has 0 fully saturated rings. The third-order valence-electron chi connectivity index (χ3n) is 1.35. The van der Waals surface area contributed by atoms with E-state index in [-0.39, 0.29) is 0 Å². The lowest BCUT2D eigenvalue weighted by Gasteiger charge is -2.10. The van der Waals surface area contributed by atoms with Crippen molar-refractivity contribution in [1.82, 2.24) is 0 Å². The SMILES string of the molecule is CC(=O)C(C(C)=O)C(=O)C(F)(F)F. The van der Waals surface area contributed by atoms with Crippen molar-refractivity contribution in [2.24, 2.45) is 5.92 Å². The Hall–Kier alpha value is -1.20. The smallest absolute Gasteiger partial charge is 0.299 e. The summed E-state index contributed by atoms with van der Waals surface area (Å²) in [6.45, 7) is 1.55. The second-order valence-electron chi connectivity index (χ2n) is 2.52. The molecule has 0 rings (SSSR count).